The van der Waals surface area contributed by atoms with E-state index < -0.39 is 23.4 Å². The molecule has 1 aliphatic rings. The second-order valence-electron chi connectivity index (χ2n) is 6.10. The van der Waals surface area contributed by atoms with E-state index in [1.54, 1.807) is 18.2 Å². The number of benzene rings is 1. The van der Waals surface area contributed by atoms with E-state index in [4.69, 9.17) is 4.42 Å². The standard InChI is InChI=1S/C19H18FNO4/c1-2-9-21-11-15(18(23)19(21)24)17(22)16-8-7-14(25-16)10-12-3-5-13(20)6-4-12/h3-8,15H,2,9-11H2,1H3. The van der Waals surface area contributed by atoms with Gasteiger partial charge in [-0.15, -0.1) is 0 Å². The van der Waals surface area contributed by atoms with Crippen molar-refractivity contribution in [2.75, 3.05) is 13.1 Å². The van der Waals surface area contributed by atoms with Gasteiger partial charge in [0, 0.05) is 19.5 Å². The summed E-state index contributed by atoms with van der Waals surface area (Å²) in [6, 6.07) is 9.16. The van der Waals surface area contributed by atoms with E-state index in [0.717, 1.165) is 12.0 Å². The molecular weight excluding hydrogens is 325 g/mol. The molecular formula is C19H18FNO4. The van der Waals surface area contributed by atoms with Crippen LogP contribution in [0, 0.1) is 11.7 Å². The number of nitrogens with zero attached hydrogens (tertiary/aromatic N) is 1. The molecule has 130 valence electrons. The van der Waals surface area contributed by atoms with Crippen molar-refractivity contribution in [3.8, 4) is 0 Å². The summed E-state index contributed by atoms with van der Waals surface area (Å²) >= 11 is 0. The lowest BCUT2D eigenvalue weighted by atomic mass is 10.0. The summed E-state index contributed by atoms with van der Waals surface area (Å²) in [5.74, 6) is -2.45. The predicted molar refractivity (Wildman–Crippen MR) is 87.6 cm³/mol. The van der Waals surface area contributed by atoms with E-state index >= 15 is 0 Å². The molecule has 0 aliphatic carbocycles. The van der Waals surface area contributed by atoms with Gasteiger partial charge in [-0.25, -0.2) is 4.39 Å². The molecule has 1 amide bonds. The Balaban J connectivity index is 1.71. The lowest BCUT2D eigenvalue weighted by molar-refractivity contribution is -0.140. The van der Waals surface area contributed by atoms with E-state index in [0.29, 0.717) is 18.7 Å². The second kappa shape index (κ2) is 7.01. The van der Waals surface area contributed by atoms with Crippen molar-refractivity contribution in [1.82, 2.24) is 4.90 Å². The Hall–Kier alpha value is -2.76. The van der Waals surface area contributed by atoms with Gasteiger partial charge in [-0.2, -0.15) is 0 Å². The van der Waals surface area contributed by atoms with Crippen molar-refractivity contribution in [3.05, 3.63) is 59.3 Å². The summed E-state index contributed by atoms with van der Waals surface area (Å²) in [5.41, 5.74) is 0.844. The minimum absolute atomic E-state index is 0.0709. The van der Waals surface area contributed by atoms with Crippen LogP contribution in [0.5, 0.6) is 0 Å². The highest BCUT2D eigenvalue weighted by Crippen LogP contribution is 2.22. The first-order chi connectivity index (χ1) is 12.0. The Morgan fingerprint density at radius 1 is 1.20 bits per heavy atom. The average Bonchev–Trinajstić information content (AvgIpc) is 3.17. The van der Waals surface area contributed by atoms with E-state index in [2.05, 4.69) is 0 Å². The maximum Gasteiger partial charge on any atom is 0.290 e. The quantitative estimate of drug-likeness (QED) is 0.459. The van der Waals surface area contributed by atoms with Gasteiger partial charge in [0.25, 0.3) is 5.91 Å². The smallest absolute Gasteiger partial charge is 0.290 e. The van der Waals surface area contributed by atoms with Gasteiger partial charge in [-0.3, -0.25) is 14.4 Å². The minimum atomic E-state index is -0.996. The van der Waals surface area contributed by atoms with Crippen LogP contribution in [0.1, 0.15) is 35.2 Å². The maximum absolute atomic E-state index is 12.9. The number of carbonyl (C=O) groups is 3. The van der Waals surface area contributed by atoms with Crippen LogP contribution in [0.25, 0.3) is 0 Å². The first kappa shape index (κ1) is 17.1. The first-order valence-corrected chi connectivity index (χ1v) is 8.20. The molecule has 0 N–H and O–H groups in total. The number of amides is 1. The fourth-order valence-electron chi connectivity index (χ4n) is 2.94. The normalized spacial score (nSPS) is 17.4. The molecule has 25 heavy (non-hydrogen) atoms. The molecule has 0 spiro atoms. The molecule has 6 heteroatoms. The summed E-state index contributed by atoms with van der Waals surface area (Å²) in [5, 5.41) is 0. The highest BCUT2D eigenvalue weighted by atomic mass is 19.1. The fourth-order valence-corrected chi connectivity index (χ4v) is 2.94. The third-order valence-corrected chi connectivity index (χ3v) is 4.22. The summed E-state index contributed by atoms with van der Waals surface area (Å²) in [6.07, 6.45) is 1.13. The summed E-state index contributed by atoms with van der Waals surface area (Å²) in [4.78, 5) is 37.9. The number of halogens is 1. The van der Waals surface area contributed by atoms with Gasteiger partial charge in [0.1, 0.15) is 17.5 Å². The van der Waals surface area contributed by atoms with Gasteiger partial charge in [-0.05, 0) is 36.2 Å². The van der Waals surface area contributed by atoms with Crippen LogP contribution in [0.15, 0.2) is 40.8 Å². The predicted octanol–water partition coefficient (Wildman–Crippen LogP) is 2.63. The first-order valence-electron chi connectivity index (χ1n) is 8.20. The van der Waals surface area contributed by atoms with Gasteiger partial charge in [0.2, 0.25) is 11.6 Å². The van der Waals surface area contributed by atoms with Crippen molar-refractivity contribution >= 4 is 17.5 Å². The fraction of sp³-hybridized carbons (Fsp3) is 0.316. The monoisotopic (exact) mass is 343 g/mol. The lowest BCUT2D eigenvalue weighted by Crippen LogP contribution is -2.27. The molecule has 2 aromatic rings. The summed E-state index contributed by atoms with van der Waals surface area (Å²) < 4.78 is 18.5. The Kier molecular flexibility index (Phi) is 4.79. The molecule has 1 atom stereocenters. The number of hydrogen-bond donors (Lipinski definition) is 0. The molecule has 1 aromatic heterocycles. The number of likely N-dealkylation sites (tertiary alicyclic amines) is 1. The van der Waals surface area contributed by atoms with Crippen LogP contribution in [0.3, 0.4) is 0 Å². The van der Waals surface area contributed by atoms with Gasteiger partial charge < -0.3 is 9.32 Å². The second-order valence-corrected chi connectivity index (χ2v) is 6.10. The highest BCUT2D eigenvalue weighted by Gasteiger charge is 2.43. The number of carbonyl (C=O) groups excluding carboxylic acids is 3. The van der Waals surface area contributed by atoms with Crippen LogP contribution in [0.2, 0.25) is 0 Å². The molecule has 1 aromatic carbocycles. The van der Waals surface area contributed by atoms with Crippen LogP contribution in [0.4, 0.5) is 4.39 Å². The molecule has 0 radical (unpaired) electrons. The zero-order valence-electron chi connectivity index (χ0n) is 13.8. The summed E-state index contributed by atoms with van der Waals surface area (Å²) in [6.45, 7) is 2.47. The lowest BCUT2D eigenvalue weighted by Gasteiger charge is -2.12. The van der Waals surface area contributed by atoms with Gasteiger partial charge >= 0.3 is 0 Å². The molecule has 1 saturated heterocycles. The number of ketones is 2. The SMILES string of the molecule is CCCN1CC(C(=O)c2ccc(Cc3ccc(F)cc3)o2)C(=O)C1=O. The van der Waals surface area contributed by atoms with Crippen molar-refractivity contribution in [3.63, 3.8) is 0 Å². The van der Waals surface area contributed by atoms with Crippen molar-refractivity contribution in [2.24, 2.45) is 5.92 Å². The third kappa shape index (κ3) is 3.52. The molecule has 1 aliphatic heterocycles. The van der Waals surface area contributed by atoms with E-state index in [1.807, 2.05) is 6.92 Å². The Morgan fingerprint density at radius 2 is 1.92 bits per heavy atom. The zero-order valence-corrected chi connectivity index (χ0v) is 13.8. The third-order valence-electron chi connectivity index (χ3n) is 4.22. The largest absolute Gasteiger partial charge is 0.458 e. The number of hydrogen-bond acceptors (Lipinski definition) is 4. The highest BCUT2D eigenvalue weighted by molar-refractivity contribution is 6.43. The summed E-state index contributed by atoms with van der Waals surface area (Å²) in [7, 11) is 0. The topological polar surface area (TPSA) is 67.6 Å². The van der Waals surface area contributed by atoms with Crippen LogP contribution in [-0.4, -0.2) is 35.5 Å². The number of Topliss-reactive ketones (excluding diaryl/α,β-unsaturated/α-hetero) is 2. The molecule has 5 nitrogen and oxygen atoms in total. The minimum Gasteiger partial charge on any atom is -0.458 e. The van der Waals surface area contributed by atoms with Crippen LogP contribution >= 0.6 is 0 Å². The maximum atomic E-state index is 12.9. The molecule has 0 saturated carbocycles. The molecule has 3 rings (SSSR count). The Labute approximate surface area is 144 Å². The van der Waals surface area contributed by atoms with Crippen molar-refractivity contribution in [1.29, 1.82) is 0 Å². The molecule has 1 unspecified atom stereocenters. The van der Waals surface area contributed by atoms with Gasteiger partial charge in [0.05, 0.1) is 0 Å². The molecule has 2 heterocycles. The van der Waals surface area contributed by atoms with E-state index in [9.17, 15) is 18.8 Å². The number of rotatable bonds is 6. The Bertz CT molecular complexity index is 809. The van der Waals surface area contributed by atoms with Gasteiger partial charge in [0.15, 0.2) is 5.76 Å². The van der Waals surface area contributed by atoms with Gasteiger partial charge in [-0.1, -0.05) is 19.1 Å². The molecule has 1 fully saturated rings. The number of furan rings is 1. The van der Waals surface area contributed by atoms with Crippen molar-refractivity contribution in [2.45, 2.75) is 19.8 Å². The van der Waals surface area contributed by atoms with Crippen LogP contribution in [-0.2, 0) is 16.0 Å². The Morgan fingerprint density at radius 3 is 2.60 bits per heavy atom. The molecule has 0 bridgehead atoms. The van der Waals surface area contributed by atoms with E-state index in [-0.39, 0.29) is 18.1 Å². The van der Waals surface area contributed by atoms with Crippen LogP contribution < -0.4 is 0 Å². The van der Waals surface area contributed by atoms with Crippen molar-refractivity contribution < 1.29 is 23.2 Å². The van der Waals surface area contributed by atoms with E-state index in [1.165, 1.54) is 23.1 Å². The average molecular weight is 343 g/mol. The zero-order chi connectivity index (χ0) is 18.0.